The summed E-state index contributed by atoms with van der Waals surface area (Å²) in [5, 5.41) is 2.07. The first kappa shape index (κ1) is 16.6. The van der Waals surface area contributed by atoms with Gasteiger partial charge in [0.15, 0.2) is 0 Å². The summed E-state index contributed by atoms with van der Waals surface area (Å²) >= 11 is 0. The van der Waals surface area contributed by atoms with Crippen molar-refractivity contribution in [2.45, 2.75) is 17.9 Å². The summed E-state index contributed by atoms with van der Waals surface area (Å²) in [6, 6.07) is 17.8. The number of hydrogen-bond acceptors (Lipinski definition) is 3. The van der Waals surface area contributed by atoms with Gasteiger partial charge in [0.25, 0.3) is 0 Å². The number of imidazole rings is 1. The smallest absolute Gasteiger partial charge is 0.306 e. The first-order chi connectivity index (χ1) is 12.4. The Bertz CT molecular complexity index is 1270. The molecule has 0 spiro atoms. The van der Waals surface area contributed by atoms with Crippen molar-refractivity contribution in [1.29, 1.82) is 0 Å². The van der Waals surface area contributed by atoms with Gasteiger partial charge >= 0.3 is 5.69 Å². The van der Waals surface area contributed by atoms with Gasteiger partial charge in [-0.05, 0) is 41.5 Å². The van der Waals surface area contributed by atoms with Gasteiger partial charge in [0.05, 0.1) is 15.9 Å². The van der Waals surface area contributed by atoms with Gasteiger partial charge in [0.2, 0.25) is 10.0 Å². The second-order valence-electron chi connectivity index (χ2n) is 6.20. The number of aromatic amines is 2. The summed E-state index contributed by atoms with van der Waals surface area (Å²) in [6.07, 6.45) is 0. The molecule has 0 aliphatic rings. The average Bonchev–Trinajstić information content (AvgIpc) is 3.00. The summed E-state index contributed by atoms with van der Waals surface area (Å²) in [7, 11) is -3.74. The SMILES string of the molecule is C[C@H](NS(=O)(=O)c1ccc2[nH]c(=O)[nH]c2c1)c1cccc2ccccc12. The lowest BCUT2D eigenvalue weighted by atomic mass is 10.0. The highest BCUT2D eigenvalue weighted by molar-refractivity contribution is 7.89. The van der Waals surface area contributed by atoms with Crippen LogP contribution in [0.3, 0.4) is 0 Å². The van der Waals surface area contributed by atoms with Crippen LogP contribution in [0, 0.1) is 0 Å². The number of hydrogen-bond donors (Lipinski definition) is 3. The van der Waals surface area contributed by atoms with Gasteiger partial charge in [-0.2, -0.15) is 0 Å². The van der Waals surface area contributed by atoms with E-state index in [1.807, 2.05) is 49.4 Å². The Balaban J connectivity index is 1.70. The number of sulfonamides is 1. The molecule has 26 heavy (non-hydrogen) atoms. The van der Waals surface area contributed by atoms with Crippen LogP contribution < -0.4 is 10.4 Å². The lowest BCUT2D eigenvalue weighted by Gasteiger charge is -2.17. The number of rotatable bonds is 4. The topological polar surface area (TPSA) is 94.8 Å². The van der Waals surface area contributed by atoms with Crippen LogP contribution in [0.4, 0.5) is 0 Å². The molecule has 0 radical (unpaired) electrons. The van der Waals surface area contributed by atoms with Crippen molar-refractivity contribution in [2.75, 3.05) is 0 Å². The molecule has 1 aromatic heterocycles. The molecular formula is C19H17N3O3S. The number of H-pyrrole nitrogens is 2. The van der Waals surface area contributed by atoms with Gasteiger partial charge in [-0.3, -0.25) is 0 Å². The van der Waals surface area contributed by atoms with E-state index in [0.717, 1.165) is 16.3 Å². The van der Waals surface area contributed by atoms with Crippen molar-refractivity contribution < 1.29 is 8.42 Å². The normalized spacial score (nSPS) is 13.3. The second-order valence-corrected chi connectivity index (χ2v) is 7.91. The predicted octanol–water partition coefficient (Wildman–Crippen LogP) is 3.05. The van der Waals surface area contributed by atoms with Gasteiger partial charge in [-0.25, -0.2) is 17.9 Å². The molecule has 6 nitrogen and oxygen atoms in total. The molecule has 0 fully saturated rings. The van der Waals surface area contributed by atoms with E-state index < -0.39 is 16.1 Å². The maximum absolute atomic E-state index is 12.8. The van der Waals surface area contributed by atoms with Crippen LogP contribution in [-0.4, -0.2) is 18.4 Å². The third-order valence-corrected chi connectivity index (χ3v) is 5.96. The van der Waals surface area contributed by atoms with Gasteiger partial charge in [0.1, 0.15) is 0 Å². The van der Waals surface area contributed by atoms with Gasteiger partial charge in [-0.1, -0.05) is 42.5 Å². The Kier molecular flexibility index (Phi) is 3.90. The standard InChI is InChI=1S/C19H17N3O3S/c1-12(15-8-4-6-13-5-2-3-7-16(13)15)22-26(24,25)14-9-10-17-18(11-14)21-19(23)20-17/h2-12,22H,1H3,(H2,20,21,23)/t12-/m0/s1. The highest BCUT2D eigenvalue weighted by Gasteiger charge is 2.20. The molecule has 0 aliphatic heterocycles. The van der Waals surface area contributed by atoms with Crippen molar-refractivity contribution >= 4 is 31.8 Å². The van der Waals surface area contributed by atoms with Crippen molar-refractivity contribution in [3.8, 4) is 0 Å². The number of fused-ring (bicyclic) bond motifs is 2. The molecule has 1 heterocycles. The fourth-order valence-corrected chi connectivity index (χ4v) is 4.42. The van der Waals surface area contributed by atoms with E-state index >= 15 is 0 Å². The fourth-order valence-electron chi connectivity index (χ4n) is 3.17. The van der Waals surface area contributed by atoms with Crippen LogP contribution in [0.25, 0.3) is 21.8 Å². The van der Waals surface area contributed by atoms with E-state index in [-0.39, 0.29) is 10.6 Å². The van der Waals surface area contributed by atoms with Crippen LogP contribution in [0.1, 0.15) is 18.5 Å². The Labute approximate surface area is 149 Å². The minimum atomic E-state index is -3.74. The van der Waals surface area contributed by atoms with E-state index in [9.17, 15) is 13.2 Å². The zero-order valence-corrected chi connectivity index (χ0v) is 14.8. The summed E-state index contributed by atoms with van der Waals surface area (Å²) < 4.78 is 28.3. The average molecular weight is 367 g/mol. The molecule has 3 N–H and O–H groups in total. The van der Waals surface area contributed by atoms with Crippen LogP contribution in [0.5, 0.6) is 0 Å². The molecule has 0 saturated carbocycles. The van der Waals surface area contributed by atoms with E-state index in [4.69, 9.17) is 0 Å². The van der Waals surface area contributed by atoms with E-state index in [2.05, 4.69) is 14.7 Å². The maximum atomic E-state index is 12.8. The molecule has 1 atom stereocenters. The van der Waals surface area contributed by atoms with Crippen LogP contribution in [0.2, 0.25) is 0 Å². The lowest BCUT2D eigenvalue weighted by Crippen LogP contribution is -2.27. The molecule has 4 rings (SSSR count). The summed E-state index contributed by atoms with van der Waals surface area (Å²) in [4.78, 5) is 16.6. The van der Waals surface area contributed by atoms with Gasteiger partial charge in [-0.15, -0.1) is 0 Å². The van der Waals surface area contributed by atoms with Crippen molar-refractivity contribution in [1.82, 2.24) is 14.7 Å². The van der Waals surface area contributed by atoms with Crippen LogP contribution in [-0.2, 0) is 10.0 Å². The molecule has 4 aromatic rings. The number of aromatic nitrogens is 2. The van der Waals surface area contributed by atoms with Crippen molar-refractivity contribution in [2.24, 2.45) is 0 Å². The molecule has 0 unspecified atom stereocenters. The lowest BCUT2D eigenvalue weighted by molar-refractivity contribution is 0.567. The predicted molar refractivity (Wildman–Crippen MR) is 102 cm³/mol. The quantitative estimate of drug-likeness (QED) is 0.517. The Morgan fingerprint density at radius 3 is 2.50 bits per heavy atom. The number of benzene rings is 3. The first-order valence-corrected chi connectivity index (χ1v) is 9.64. The fraction of sp³-hybridized carbons (Fsp3) is 0.105. The minimum Gasteiger partial charge on any atom is -0.306 e. The summed E-state index contributed by atoms with van der Waals surface area (Å²) in [5.74, 6) is 0. The molecule has 0 aliphatic carbocycles. The zero-order valence-electron chi connectivity index (χ0n) is 14.0. The first-order valence-electron chi connectivity index (χ1n) is 8.16. The highest BCUT2D eigenvalue weighted by Crippen LogP contribution is 2.26. The molecular weight excluding hydrogens is 350 g/mol. The molecule has 0 amide bonds. The van der Waals surface area contributed by atoms with Crippen molar-refractivity contribution in [3.05, 3.63) is 76.7 Å². The number of nitrogens with one attached hydrogen (secondary N) is 3. The van der Waals surface area contributed by atoms with E-state index in [0.29, 0.717) is 11.0 Å². The van der Waals surface area contributed by atoms with Gasteiger partial charge in [0, 0.05) is 6.04 Å². The van der Waals surface area contributed by atoms with Crippen molar-refractivity contribution in [3.63, 3.8) is 0 Å². The van der Waals surface area contributed by atoms with E-state index in [1.54, 1.807) is 6.07 Å². The third kappa shape index (κ3) is 2.91. The maximum Gasteiger partial charge on any atom is 0.323 e. The van der Waals surface area contributed by atoms with Crippen LogP contribution >= 0.6 is 0 Å². The second kappa shape index (κ2) is 6.12. The third-order valence-electron chi connectivity index (χ3n) is 4.42. The largest absolute Gasteiger partial charge is 0.323 e. The monoisotopic (exact) mass is 367 g/mol. The Morgan fingerprint density at radius 2 is 1.65 bits per heavy atom. The molecule has 132 valence electrons. The zero-order chi connectivity index (χ0) is 18.3. The molecule has 3 aromatic carbocycles. The minimum absolute atomic E-state index is 0.104. The van der Waals surface area contributed by atoms with E-state index in [1.165, 1.54) is 12.1 Å². The van der Waals surface area contributed by atoms with Crippen LogP contribution in [0.15, 0.2) is 70.4 Å². The Hall–Kier alpha value is -2.90. The molecule has 0 saturated heterocycles. The Morgan fingerprint density at radius 1 is 0.923 bits per heavy atom. The summed E-state index contributed by atoms with van der Waals surface area (Å²) in [6.45, 7) is 1.82. The highest BCUT2D eigenvalue weighted by atomic mass is 32.2. The van der Waals surface area contributed by atoms with Gasteiger partial charge < -0.3 is 9.97 Å². The molecule has 7 heteroatoms. The summed E-state index contributed by atoms with van der Waals surface area (Å²) in [5.41, 5.74) is 1.56. The molecule has 0 bridgehead atoms.